The van der Waals surface area contributed by atoms with Crippen LogP contribution >= 0.6 is 0 Å². The van der Waals surface area contributed by atoms with Crippen LogP contribution in [0.2, 0.25) is 0 Å². The number of aryl methyl sites for hydroxylation is 1. The summed E-state index contributed by atoms with van der Waals surface area (Å²) >= 11 is 0. The molecule has 2 rings (SSSR count). The lowest BCUT2D eigenvalue weighted by Crippen LogP contribution is -2.24. The average molecular weight is 283 g/mol. The highest BCUT2D eigenvalue weighted by atomic mass is 16.1. The highest BCUT2D eigenvalue weighted by Gasteiger charge is 2.07. The van der Waals surface area contributed by atoms with Gasteiger partial charge in [0.05, 0.1) is 11.4 Å². The maximum Gasteiger partial charge on any atom is 0.251 e. The molecule has 4 N–H and O–H groups in total. The molecular weight excluding hydrogens is 262 g/mol. The van der Waals surface area contributed by atoms with Crippen molar-refractivity contribution >= 4 is 23.0 Å². The summed E-state index contributed by atoms with van der Waals surface area (Å²) in [5, 5.41) is 6.09. The van der Waals surface area contributed by atoms with Crippen molar-refractivity contribution in [3.05, 3.63) is 53.6 Å². The second kappa shape index (κ2) is 6.79. The lowest BCUT2D eigenvalue weighted by Gasteiger charge is -2.11. The van der Waals surface area contributed by atoms with Crippen molar-refractivity contribution in [2.24, 2.45) is 0 Å². The number of nitrogens with two attached hydrogens (primary N) is 1. The molecule has 4 nitrogen and oxygen atoms in total. The molecule has 0 unspecified atom stereocenters. The molecule has 1 amide bonds. The van der Waals surface area contributed by atoms with Crippen LogP contribution in [-0.4, -0.2) is 12.5 Å². The lowest BCUT2D eigenvalue weighted by atomic mass is 10.1. The van der Waals surface area contributed by atoms with Crippen molar-refractivity contribution in [3.63, 3.8) is 0 Å². The third-order valence-electron chi connectivity index (χ3n) is 3.18. The van der Waals surface area contributed by atoms with Crippen molar-refractivity contribution in [1.82, 2.24) is 5.32 Å². The SMILES string of the molecule is CCCNC(=O)c1ccc(Nc2ccc(C)cc2)c(N)c1. The quantitative estimate of drug-likeness (QED) is 0.736. The van der Waals surface area contributed by atoms with Gasteiger partial charge in [-0.1, -0.05) is 24.6 Å². The van der Waals surface area contributed by atoms with Crippen LogP contribution in [0.15, 0.2) is 42.5 Å². The largest absolute Gasteiger partial charge is 0.397 e. The molecule has 0 heterocycles. The summed E-state index contributed by atoms with van der Waals surface area (Å²) in [6.45, 7) is 4.73. The summed E-state index contributed by atoms with van der Waals surface area (Å²) in [6, 6.07) is 13.4. The van der Waals surface area contributed by atoms with Gasteiger partial charge in [0.25, 0.3) is 5.91 Å². The number of nitrogen functional groups attached to an aromatic ring is 1. The van der Waals surface area contributed by atoms with Gasteiger partial charge in [-0.05, 0) is 43.7 Å². The number of carbonyl (C=O) groups is 1. The standard InChI is InChI=1S/C17H21N3O/c1-3-10-19-17(21)13-6-9-16(15(18)11-13)20-14-7-4-12(2)5-8-14/h4-9,11,20H,3,10,18H2,1-2H3,(H,19,21). The van der Waals surface area contributed by atoms with E-state index in [0.717, 1.165) is 17.8 Å². The first-order chi connectivity index (χ1) is 10.1. The second-order valence-corrected chi connectivity index (χ2v) is 5.05. The smallest absolute Gasteiger partial charge is 0.251 e. The Hall–Kier alpha value is -2.49. The van der Waals surface area contributed by atoms with Gasteiger partial charge in [-0.3, -0.25) is 4.79 Å². The molecule has 21 heavy (non-hydrogen) atoms. The topological polar surface area (TPSA) is 67.2 Å². The molecule has 110 valence electrons. The van der Waals surface area contributed by atoms with E-state index in [9.17, 15) is 4.79 Å². The fourth-order valence-electron chi connectivity index (χ4n) is 1.95. The van der Waals surface area contributed by atoms with Crippen molar-refractivity contribution in [1.29, 1.82) is 0 Å². The minimum atomic E-state index is -0.0922. The molecule has 0 aliphatic rings. The van der Waals surface area contributed by atoms with Crippen molar-refractivity contribution in [3.8, 4) is 0 Å². The zero-order valence-corrected chi connectivity index (χ0v) is 12.4. The van der Waals surface area contributed by atoms with Crippen molar-refractivity contribution in [2.75, 3.05) is 17.6 Å². The van der Waals surface area contributed by atoms with Gasteiger partial charge in [-0.15, -0.1) is 0 Å². The normalized spacial score (nSPS) is 10.2. The minimum absolute atomic E-state index is 0.0922. The lowest BCUT2D eigenvalue weighted by molar-refractivity contribution is 0.0953. The summed E-state index contributed by atoms with van der Waals surface area (Å²) in [4.78, 5) is 11.9. The summed E-state index contributed by atoms with van der Waals surface area (Å²) in [5.41, 5.74) is 10.1. The highest BCUT2D eigenvalue weighted by Crippen LogP contribution is 2.24. The monoisotopic (exact) mass is 283 g/mol. The summed E-state index contributed by atoms with van der Waals surface area (Å²) in [6.07, 6.45) is 0.911. The Morgan fingerprint density at radius 3 is 2.48 bits per heavy atom. The van der Waals surface area contributed by atoms with Crippen LogP contribution in [0.1, 0.15) is 29.3 Å². The number of benzene rings is 2. The number of hydrogen-bond acceptors (Lipinski definition) is 3. The fourth-order valence-corrected chi connectivity index (χ4v) is 1.95. The molecule has 0 saturated carbocycles. The maximum absolute atomic E-state index is 11.9. The Morgan fingerprint density at radius 2 is 1.86 bits per heavy atom. The van der Waals surface area contributed by atoms with Crippen LogP contribution in [0, 0.1) is 6.92 Å². The molecule has 2 aromatic carbocycles. The molecule has 0 saturated heterocycles. The minimum Gasteiger partial charge on any atom is -0.397 e. The van der Waals surface area contributed by atoms with Gasteiger partial charge >= 0.3 is 0 Å². The van der Waals surface area contributed by atoms with Gasteiger partial charge < -0.3 is 16.4 Å². The number of rotatable bonds is 5. The number of nitrogens with one attached hydrogen (secondary N) is 2. The van der Waals surface area contributed by atoms with Crippen LogP contribution in [0.5, 0.6) is 0 Å². The van der Waals surface area contributed by atoms with E-state index in [1.165, 1.54) is 5.56 Å². The van der Waals surface area contributed by atoms with Crippen LogP contribution < -0.4 is 16.4 Å². The highest BCUT2D eigenvalue weighted by molar-refractivity contribution is 5.96. The number of hydrogen-bond donors (Lipinski definition) is 3. The first-order valence-electron chi connectivity index (χ1n) is 7.11. The average Bonchev–Trinajstić information content (AvgIpc) is 2.49. The van der Waals surface area contributed by atoms with Gasteiger partial charge in [0.15, 0.2) is 0 Å². The molecule has 0 spiro atoms. The Morgan fingerprint density at radius 1 is 1.14 bits per heavy atom. The first-order valence-corrected chi connectivity index (χ1v) is 7.11. The zero-order valence-electron chi connectivity index (χ0n) is 12.4. The number of anilines is 3. The van der Waals surface area contributed by atoms with Gasteiger partial charge in [-0.25, -0.2) is 0 Å². The Kier molecular flexibility index (Phi) is 4.82. The number of amides is 1. The predicted octanol–water partition coefficient (Wildman–Crippen LogP) is 3.46. The van der Waals surface area contributed by atoms with Crippen LogP contribution in [0.25, 0.3) is 0 Å². The first kappa shape index (κ1) is 14.9. The third-order valence-corrected chi connectivity index (χ3v) is 3.18. The summed E-state index contributed by atoms with van der Waals surface area (Å²) < 4.78 is 0. The van der Waals surface area contributed by atoms with E-state index in [0.29, 0.717) is 17.8 Å². The molecule has 0 fully saturated rings. The van der Waals surface area contributed by atoms with E-state index >= 15 is 0 Å². The molecular formula is C17H21N3O. The second-order valence-electron chi connectivity index (χ2n) is 5.05. The van der Waals surface area contributed by atoms with Gasteiger partial charge in [0.1, 0.15) is 0 Å². The van der Waals surface area contributed by atoms with Gasteiger partial charge in [-0.2, -0.15) is 0 Å². The van der Waals surface area contributed by atoms with Crippen molar-refractivity contribution in [2.45, 2.75) is 20.3 Å². The molecule has 2 aromatic rings. The Labute approximate surface area is 125 Å². The molecule has 0 radical (unpaired) electrons. The Balaban J connectivity index is 2.12. The van der Waals surface area contributed by atoms with E-state index in [2.05, 4.69) is 10.6 Å². The molecule has 0 aromatic heterocycles. The predicted molar refractivity (Wildman–Crippen MR) is 87.9 cm³/mol. The zero-order chi connectivity index (χ0) is 15.2. The third kappa shape index (κ3) is 3.99. The van der Waals surface area contributed by atoms with E-state index in [1.54, 1.807) is 12.1 Å². The fraction of sp³-hybridized carbons (Fsp3) is 0.235. The van der Waals surface area contributed by atoms with Crippen LogP contribution in [0.3, 0.4) is 0 Å². The molecule has 4 heteroatoms. The van der Waals surface area contributed by atoms with E-state index in [-0.39, 0.29) is 5.91 Å². The number of carbonyl (C=O) groups excluding carboxylic acids is 1. The van der Waals surface area contributed by atoms with Gasteiger partial charge in [0, 0.05) is 17.8 Å². The van der Waals surface area contributed by atoms with Crippen LogP contribution in [0.4, 0.5) is 17.1 Å². The van der Waals surface area contributed by atoms with E-state index in [1.807, 2.05) is 44.2 Å². The van der Waals surface area contributed by atoms with E-state index < -0.39 is 0 Å². The van der Waals surface area contributed by atoms with Crippen LogP contribution in [-0.2, 0) is 0 Å². The molecule has 0 bridgehead atoms. The van der Waals surface area contributed by atoms with Crippen molar-refractivity contribution < 1.29 is 4.79 Å². The molecule has 0 aliphatic carbocycles. The molecule has 0 aliphatic heterocycles. The van der Waals surface area contributed by atoms with Gasteiger partial charge in [0.2, 0.25) is 0 Å². The summed E-state index contributed by atoms with van der Waals surface area (Å²) in [5.74, 6) is -0.0922. The Bertz CT molecular complexity index is 620. The summed E-state index contributed by atoms with van der Waals surface area (Å²) in [7, 11) is 0. The maximum atomic E-state index is 11.9. The van der Waals surface area contributed by atoms with E-state index in [4.69, 9.17) is 5.73 Å². The molecule has 0 atom stereocenters.